The number of hydrogen-bond acceptors (Lipinski definition) is 17. The summed E-state index contributed by atoms with van der Waals surface area (Å²) < 4.78 is 62.3. The summed E-state index contributed by atoms with van der Waals surface area (Å²) in [5.74, 6) is 0. The molecule has 0 unspecified atom stereocenters. The summed E-state index contributed by atoms with van der Waals surface area (Å²) in [6, 6.07) is 0. The lowest BCUT2D eigenvalue weighted by Crippen LogP contribution is -2.31. The molecule has 0 fully saturated rings. The van der Waals surface area contributed by atoms with Crippen molar-refractivity contribution in [1.29, 1.82) is 0 Å². The van der Waals surface area contributed by atoms with Crippen LogP contribution in [0.15, 0.2) is 0 Å². The van der Waals surface area contributed by atoms with Gasteiger partial charge in [-0.15, -0.1) is 9.05 Å². The van der Waals surface area contributed by atoms with Crippen LogP contribution in [0.25, 0.3) is 0 Å². The fraction of sp³-hybridized carbons (Fsp3) is 0.957. The molecule has 17 nitrogen and oxygen atoms in total. The monoisotopic (exact) mass is 695 g/mol. The van der Waals surface area contributed by atoms with Crippen molar-refractivity contribution in [2.45, 2.75) is 41.5 Å². The lowest BCUT2D eigenvalue weighted by Gasteiger charge is -2.25. The highest BCUT2D eigenvalue weighted by Crippen LogP contribution is 2.48. The van der Waals surface area contributed by atoms with E-state index in [2.05, 4.69) is 14.4 Å². The SMILES string of the molecule is C=O.CCOP(=O)(CN(CCO)CCO)OCC.CCOP(=O)(CO)OCC.CCO[P+](=O)OCC.OCCNCCO. The van der Waals surface area contributed by atoms with Crippen LogP contribution >= 0.6 is 23.4 Å². The Kier molecular flexibility index (Phi) is 50.7. The lowest BCUT2D eigenvalue weighted by molar-refractivity contribution is -0.0980. The van der Waals surface area contributed by atoms with Gasteiger partial charge in [-0.2, -0.15) is 0 Å². The van der Waals surface area contributed by atoms with Crippen LogP contribution in [0.4, 0.5) is 0 Å². The fourth-order valence-corrected chi connectivity index (χ4v) is 5.65. The molecule has 0 aliphatic rings. The van der Waals surface area contributed by atoms with Crippen molar-refractivity contribution in [2.24, 2.45) is 0 Å². The molecule has 0 saturated heterocycles. The first-order valence-electron chi connectivity index (χ1n) is 13.8. The van der Waals surface area contributed by atoms with Crippen molar-refractivity contribution in [2.75, 3.05) is 105 Å². The molecule has 6 N–H and O–H groups in total. The maximum absolute atomic E-state index is 12.1. The van der Waals surface area contributed by atoms with Crippen LogP contribution in [0.3, 0.4) is 0 Å². The molecule has 264 valence electrons. The summed E-state index contributed by atoms with van der Waals surface area (Å²) >= 11 is 0. The Morgan fingerprint density at radius 3 is 1.23 bits per heavy atom. The number of carbonyl (C=O) groups is 1. The van der Waals surface area contributed by atoms with Gasteiger partial charge in [0.15, 0.2) is 0 Å². The van der Waals surface area contributed by atoms with Crippen LogP contribution < -0.4 is 5.32 Å². The Hall–Kier alpha value is -0.290. The Balaban J connectivity index is -0.000000154. The van der Waals surface area contributed by atoms with Gasteiger partial charge in [-0.25, -0.2) is 0 Å². The van der Waals surface area contributed by atoms with Crippen LogP contribution in [0, 0.1) is 0 Å². The third kappa shape index (κ3) is 41.7. The van der Waals surface area contributed by atoms with E-state index in [-0.39, 0.29) is 45.9 Å². The molecule has 20 heteroatoms. The first kappa shape index (κ1) is 52.3. The number of hydrogen-bond donors (Lipinski definition) is 6. The second-order valence-corrected chi connectivity index (χ2v) is 12.0. The van der Waals surface area contributed by atoms with Crippen LogP contribution in [0.2, 0.25) is 0 Å². The highest BCUT2D eigenvalue weighted by atomic mass is 31.2. The van der Waals surface area contributed by atoms with Gasteiger partial charge in [-0.1, -0.05) is 0 Å². The predicted octanol–water partition coefficient (Wildman–Crippen LogP) is 1.79. The standard InChI is InChI=1S/C9H22NO5P.C5H13O4P.C4H11NO2.C4H10O3P.CH2O/c1-3-14-16(13,15-4-2)9-10(5-7-11)6-8-12;1-3-8-10(7,5-6)9-4-2;6-3-1-5-2-4-7;1-3-6-8(5)7-4-2;1-2/h11-12H,3-9H2,1-2H3;6H,3-5H2,1-2H3;5-7H,1-4H2;3-4H2,1-2H3;1H2/q;;;+1;. The van der Waals surface area contributed by atoms with E-state index in [0.717, 1.165) is 0 Å². The summed E-state index contributed by atoms with van der Waals surface area (Å²) in [5, 5.41) is 45.3. The fourth-order valence-electron chi connectivity index (χ4n) is 2.34. The van der Waals surface area contributed by atoms with E-state index in [4.69, 9.17) is 48.4 Å². The first-order valence-corrected chi connectivity index (χ1v) is 18.3. The van der Waals surface area contributed by atoms with Gasteiger partial charge in [0.1, 0.15) is 32.6 Å². The van der Waals surface area contributed by atoms with Crippen LogP contribution in [0.5, 0.6) is 0 Å². The quantitative estimate of drug-likeness (QED) is 0.0659. The first-order chi connectivity index (χ1) is 20.5. The van der Waals surface area contributed by atoms with Crippen molar-refractivity contribution in [1.82, 2.24) is 10.2 Å². The van der Waals surface area contributed by atoms with Gasteiger partial charge >= 0.3 is 23.4 Å². The van der Waals surface area contributed by atoms with Crippen LogP contribution in [0.1, 0.15) is 41.5 Å². The minimum Gasteiger partial charge on any atom is -0.395 e. The summed E-state index contributed by atoms with van der Waals surface area (Å²) in [4.78, 5) is 9.66. The number of aliphatic hydroxyl groups excluding tert-OH is 5. The van der Waals surface area contributed by atoms with E-state index >= 15 is 0 Å². The van der Waals surface area contributed by atoms with Gasteiger partial charge in [-0.05, 0) is 41.5 Å². The molecule has 0 atom stereocenters. The van der Waals surface area contributed by atoms with E-state index in [1.54, 1.807) is 46.4 Å². The molecule has 0 rings (SSSR count). The van der Waals surface area contributed by atoms with Crippen molar-refractivity contribution in [3.63, 3.8) is 0 Å². The predicted molar refractivity (Wildman–Crippen MR) is 164 cm³/mol. The normalized spacial score (nSPS) is 10.7. The third-order valence-electron chi connectivity index (χ3n) is 3.73. The number of carbonyl (C=O) groups excluding carboxylic acids is 1. The average Bonchev–Trinajstić information content (AvgIpc) is 2.96. The van der Waals surface area contributed by atoms with E-state index in [1.807, 2.05) is 6.79 Å². The van der Waals surface area contributed by atoms with Crippen LogP contribution in [-0.2, 0) is 45.6 Å². The summed E-state index contributed by atoms with van der Waals surface area (Å²) in [6.45, 7) is 16.5. The van der Waals surface area contributed by atoms with Crippen molar-refractivity contribution >= 4 is 30.2 Å². The highest BCUT2D eigenvalue weighted by Gasteiger charge is 2.26. The number of nitrogens with zero attached hydrogens (tertiary/aromatic N) is 1. The molecule has 0 aliphatic heterocycles. The van der Waals surface area contributed by atoms with Crippen molar-refractivity contribution < 1.29 is 71.2 Å². The minimum absolute atomic E-state index is 0.0573. The van der Waals surface area contributed by atoms with Gasteiger partial charge in [0.2, 0.25) is 0 Å². The molecule has 0 spiro atoms. The number of aliphatic hydroxyl groups is 5. The van der Waals surface area contributed by atoms with Gasteiger partial charge in [0.05, 0.1) is 52.9 Å². The van der Waals surface area contributed by atoms with Gasteiger partial charge in [0, 0.05) is 30.7 Å². The Morgan fingerprint density at radius 1 is 0.628 bits per heavy atom. The molecule has 0 saturated carbocycles. The maximum Gasteiger partial charge on any atom is 0.697 e. The topological polar surface area (TPSA) is 240 Å². The molecule has 0 radical (unpaired) electrons. The zero-order valence-electron chi connectivity index (χ0n) is 26.6. The molecule has 0 heterocycles. The second kappa shape index (κ2) is 41.7. The molecule has 0 amide bonds. The molecule has 43 heavy (non-hydrogen) atoms. The molecule has 0 aromatic carbocycles. The van der Waals surface area contributed by atoms with Gasteiger partial charge in [0.25, 0.3) is 0 Å². The van der Waals surface area contributed by atoms with E-state index in [9.17, 15) is 13.7 Å². The van der Waals surface area contributed by atoms with E-state index in [0.29, 0.717) is 52.6 Å². The maximum atomic E-state index is 12.1. The molecule has 0 aliphatic carbocycles. The molecule has 0 bridgehead atoms. The molecule has 0 aromatic heterocycles. The summed E-state index contributed by atoms with van der Waals surface area (Å²) in [6.07, 6.45) is -0.454. The Morgan fingerprint density at radius 2 is 0.977 bits per heavy atom. The highest BCUT2D eigenvalue weighted by molar-refractivity contribution is 7.53. The minimum atomic E-state index is -3.14. The summed E-state index contributed by atoms with van der Waals surface area (Å²) in [7, 11) is -8.11. The molecular formula is C23H58N2O15P3+. The smallest absolute Gasteiger partial charge is 0.395 e. The number of rotatable bonds is 23. The van der Waals surface area contributed by atoms with E-state index < -0.39 is 29.8 Å². The van der Waals surface area contributed by atoms with Gasteiger partial charge < -0.3 is 53.7 Å². The lowest BCUT2D eigenvalue weighted by atomic mass is 10.5. The largest absolute Gasteiger partial charge is 0.697 e. The van der Waals surface area contributed by atoms with Crippen LogP contribution in [-0.4, -0.2) is 142 Å². The third-order valence-corrected chi connectivity index (χ3v) is 8.37. The second-order valence-electron chi connectivity index (χ2n) is 7.00. The zero-order chi connectivity index (χ0) is 34.4. The number of nitrogens with one attached hydrogen (secondary N) is 1. The summed E-state index contributed by atoms with van der Waals surface area (Å²) in [5.41, 5.74) is 0. The van der Waals surface area contributed by atoms with E-state index in [1.165, 1.54) is 0 Å². The van der Waals surface area contributed by atoms with Gasteiger partial charge in [-0.3, -0.25) is 14.0 Å². The average molecular weight is 696 g/mol. The Bertz CT molecular complexity index is 617. The molecule has 0 aromatic rings. The zero-order valence-corrected chi connectivity index (χ0v) is 29.3. The van der Waals surface area contributed by atoms with Crippen molar-refractivity contribution in [3.05, 3.63) is 0 Å². The molecular weight excluding hydrogens is 637 g/mol. The Labute approximate surface area is 258 Å². The van der Waals surface area contributed by atoms with Crippen molar-refractivity contribution in [3.8, 4) is 0 Å².